The second kappa shape index (κ2) is 9.55. The molecule has 1 amide bonds. The fourth-order valence-corrected chi connectivity index (χ4v) is 5.98. The van der Waals surface area contributed by atoms with Gasteiger partial charge in [0, 0.05) is 29.9 Å². The minimum atomic E-state index is -0.0712. The molecule has 3 aromatic rings. The van der Waals surface area contributed by atoms with Gasteiger partial charge in [-0.2, -0.15) is 0 Å². The van der Waals surface area contributed by atoms with E-state index in [1.165, 1.54) is 19.3 Å². The van der Waals surface area contributed by atoms with Crippen molar-refractivity contribution < 1.29 is 4.79 Å². The molecule has 0 atom stereocenters. The minimum absolute atomic E-state index is 0.0712. The fourth-order valence-electron chi connectivity index (χ4n) is 4.93. The van der Waals surface area contributed by atoms with Crippen LogP contribution in [0.2, 0.25) is 0 Å². The number of carbonyl (C=O) groups is 1. The van der Waals surface area contributed by atoms with Gasteiger partial charge in [0.15, 0.2) is 0 Å². The summed E-state index contributed by atoms with van der Waals surface area (Å²) >= 11 is 1.56. The minimum Gasteiger partial charge on any atom is -0.353 e. The van der Waals surface area contributed by atoms with Crippen LogP contribution in [-0.2, 0) is 11.3 Å². The molecule has 32 heavy (non-hydrogen) atoms. The number of aromatic amines is 1. The highest BCUT2D eigenvalue weighted by atomic mass is 32.1. The Kier molecular flexibility index (Phi) is 6.37. The van der Waals surface area contributed by atoms with Crippen LogP contribution in [-0.4, -0.2) is 39.9 Å². The first-order chi connectivity index (χ1) is 15.7. The van der Waals surface area contributed by atoms with Crippen LogP contribution in [0.25, 0.3) is 20.7 Å². The van der Waals surface area contributed by atoms with E-state index < -0.39 is 0 Å². The molecule has 3 heterocycles. The lowest BCUT2D eigenvalue weighted by atomic mass is 9.88. The lowest BCUT2D eigenvalue weighted by Gasteiger charge is -2.33. The van der Waals surface area contributed by atoms with Gasteiger partial charge in [0.25, 0.3) is 5.56 Å². The third-order valence-corrected chi connectivity index (χ3v) is 7.87. The number of thiophene rings is 1. The molecule has 2 fully saturated rings. The molecule has 5 rings (SSSR count). The molecule has 0 spiro atoms. The third kappa shape index (κ3) is 4.79. The van der Waals surface area contributed by atoms with E-state index in [9.17, 15) is 9.59 Å². The van der Waals surface area contributed by atoms with Crippen molar-refractivity contribution in [3.8, 4) is 10.4 Å². The quantitative estimate of drug-likeness (QED) is 0.607. The number of fused-ring (bicyclic) bond motifs is 1. The molecule has 1 saturated carbocycles. The van der Waals surface area contributed by atoms with Crippen LogP contribution < -0.4 is 10.9 Å². The Morgan fingerprint density at radius 3 is 2.59 bits per heavy atom. The van der Waals surface area contributed by atoms with Gasteiger partial charge in [-0.15, -0.1) is 11.3 Å². The maximum absolute atomic E-state index is 12.7. The zero-order chi connectivity index (χ0) is 21.9. The predicted molar refractivity (Wildman–Crippen MR) is 129 cm³/mol. The number of benzene rings is 1. The Morgan fingerprint density at radius 1 is 1.09 bits per heavy atom. The first-order valence-corrected chi connectivity index (χ1v) is 12.6. The summed E-state index contributed by atoms with van der Waals surface area (Å²) in [5.74, 6) is 1.19. The average molecular weight is 451 g/mol. The van der Waals surface area contributed by atoms with Gasteiger partial charge in [-0.25, -0.2) is 4.98 Å². The topological polar surface area (TPSA) is 78.1 Å². The van der Waals surface area contributed by atoms with Crippen molar-refractivity contribution in [3.05, 3.63) is 52.6 Å². The van der Waals surface area contributed by atoms with Gasteiger partial charge >= 0.3 is 0 Å². The second-order valence-corrected chi connectivity index (χ2v) is 10.1. The van der Waals surface area contributed by atoms with Crippen molar-refractivity contribution in [1.82, 2.24) is 20.2 Å². The fraction of sp³-hybridized carbons (Fsp3) is 0.480. The summed E-state index contributed by atoms with van der Waals surface area (Å²) in [5, 5.41) is 3.94. The Morgan fingerprint density at radius 2 is 1.84 bits per heavy atom. The number of hydrogen-bond acceptors (Lipinski definition) is 5. The molecular formula is C25H30N4O2S. The smallest absolute Gasteiger partial charge is 0.259 e. The zero-order valence-electron chi connectivity index (χ0n) is 18.3. The summed E-state index contributed by atoms with van der Waals surface area (Å²) < 4.78 is 0. The SMILES string of the molecule is O=C(NC1CCN(Cc2nc3sc(-c4ccccc4)cc3c(=O)[nH]2)CC1)C1CCCCC1. The number of H-pyrrole nitrogens is 1. The summed E-state index contributed by atoms with van der Waals surface area (Å²) in [6, 6.07) is 12.3. The lowest BCUT2D eigenvalue weighted by Crippen LogP contribution is -2.46. The monoisotopic (exact) mass is 450 g/mol. The highest BCUT2D eigenvalue weighted by Crippen LogP contribution is 2.31. The molecule has 1 aromatic carbocycles. The number of carbonyl (C=O) groups excluding carboxylic acids is 1. The van der Waals surface area contributed by atoms with E-state index in [2.05, 4.69) is 27.3 Å². The van der Waals surface area contributed by atoms with Crippen LogP contribution in [0.1, 0.15) is 50.8 Å². The van der Waals surface area contributed by atoms with E-state index in [4.69, 9.17) is 4.98 Å². The highest BCUT2D eigenvalue weighted by Gasteiger charge is 2.26. The summed E-state index contributed by atoms with van der Waals surface area (Å²) in [5.41, 5.74) is 1.03. The van der Waals surface area contributed by atoms with E-state index in [0.29, 0.717) is 17.8 Å². The lowest BCUT2D eigenvalue weighted by molar-refractivity contribution is -0.127. The molecule has 168 valence electrons. The Hall–Kier alpha value is -2.51. The predicted octanol–water partition coefficient (Wildman–Crippen LogP) is 4.31. The van der Waals surface area contributed by atoms with Crippen LogP contribution in [0, 0.1) is 5.92 Å². The Bertz CT molecular complexity index is 1130. The van der Waals surface area contributed by atoms with E-state index in [1.807, 2.05) is 24.3 Å². The van der Waals surface area contributed by atoms with Gasteiger partial charge in [0.05, 0.1) is 11.9 Å². The summed E-state index contributed by atoms with van der Waals surface area (Å²) in [4.78, 5) is 37.1. The van der Waals surface area contributed by atoms with Crippen LogP contribution in [0.4, 0.5) is 0 Å². The van der Waals surface area contributed by atoms with Gasteiger partial charge in [-0.3, -0.25) is 14.5 Å². The molecule has 6 nitrogen and oxygen atoms in total. The molecule has 1 aliphatic heterocycles. The molecule has 2 aliphatic rings. The maximum Gasteiger partial charge on any atom is 0.259 e. The van der Waals surface area contributed by atoms with Gasteiger partial charge in [0.2, 0.25) is 5.91 Å². The third-order valence-electron chi connectivity index (χ3n) is 6.79. The first-order valence-electron chi connectivity index (χ1n) is 11.8. The van der Waals surface area contributed by atoms with Crippen LogP contribution >= 0.6 is 11.3 Å². The number of likely N-dealkylation sites (tertiary alicyclic amines) is 1. The second-order valence-electron chi connectivity index (χ2n) is 9.10. The number of aromatic nitrogens is 2. The van der Waals surface area contributed by atoms with Gasteiger partial charge in [-0.05, 0) is 37.3 Å². The molecule has 2 N–H and O–H groups in total. The van der Waals surface area contributed by atoms with Crippen molar-refractivity contribution in [2.24, 2.45) is 5.92 Å². The number of rotatable bonds is 5. The van der Waals surface area contributed by atoms with Crippen LogP contribution in [0.15, 0.2) is 41.2 Å². The number of nitrogens with one attached hydrogen (secondary N) is 2. The Labute approximate surface area is 192 Å². The summed E-state index contributed by atoms with van der Waals surface area (Å²) in [7, 11) is 0. The van der Waals surface area contributed by atoms with Crippen LogP contribution in [0.5, 0.6) is 0 Å². The zero-order valence-corrected chi connectivity index (χ0v) is 19.1. The average Bonchev–Trinajstić information content (AvgIpc) is 3.26. The van der Waals surface area contributed by atoms with Crippen molar-refractivity contribution in [1.29, 1.82) is 0 Å². The molecule has 0 bridgehead atoms. The molecule has 0 radical (unpaired) electrons. The van der Waals surface area contributed by atoms with Crippen LogP contribution in [0.3, 0.4) is 0 Å². The standard InChI is InChI=1S/C25H30N4O2S/c30-23(18-9-5-2-6-10-18)26-19-11-13-29(14-12-19)16-22-27-24(31)20-15-21(32-25(20)28-22)17-7-3-1-4-8-17/h1,3-4,7-8,15,18-19H,2,5-6,9-14,16H2,(H,26,30)(H,27,28,31). The van der Waals surface area contributed by atoms with Gasteiger partial charge in [0.1, 0.15) is 10.7 Å². The van der Waals surface area contributed by atoms with E-state index in [-0.39, 0.29) is 23.4 Å². The molecule has 1 saturated heterocycles. The normalized spacial score (nSPS) is 18.8. The first kappa shape index (κ1) is 21.3. The van der Waals surface area contributed by atoms with Crippen molar-refractivity contribution in [2.75, 3.05) is 13.1 Å². The molecule has 0 unspecified atom stereocenters. The van der Waals surface area contributed by atoms with Crippen molar-refractivity contribution in [3.63, 3.8) is 0 Å². The number of piperidine rings is 1. The molecule has 2 aromatic heterocycles. The van der Waals surface area contributed by atoms with E-state index >= 15 is 0 Å². The number of hydrogen-bond donors (Lipinski definition) is 2. The number of nitrogens with zero attached hydrogens (tertiary/aromatic N) is 2. The maximum atomic E-state index is 12.7. The highest BCUT2D eigenvalue weighted by molar-refractivity contribution is 7.21. The molecule has 7 heteroatoms. The summed E-state index contributed by atoms with van der Waals surface area (Å²) in [6.07, 6.45) is 7.61. The largest absolute Gasteiger partial charge is 0.353 e. The van der Waals surface area contributed by atoms with Crippen molar-refractivity contribution in [2.45, 2.75) is 57.5 Å². The van der Waals surface area contributed by atoms with Crippen molar-refractivity contribution >= 4 is 27.5 Å². The van der Waals surface area contributed by atoms with E-state index in [0.717, 1.165) is 54.0 Å². The summed E-state index contributed by atoms with van der Waals surface area (Å²) in [6.45, 7) is 2.43. The van der Waals surface area contributed by atoms with Gasteiger partial charge in [-0.1, -0.05) is 49.6 Å². The van der Waals surface area contributed by atoms with E-state index in [1.54, 1.807) is 11.3 Å². The molecular weight excluding hydrogens is 420 g/mol. The molecule has 1 aliphatic carbocycles. The Balaban J connectivity index is 1.20. The number of amides is 1. The van der Waals surface area contributed by atoms with Gasteiger partial charge < -0.3 is 10.3 Å².